The van der Waals surface area contributed by atoms with Gasteiger partial charge in [-0.2, -0.15) is 0 Å². The van der Waals surface area contributed by atoms with Gasteiger partial charge in [-0.1, -0.05) is 12.1 Å². The van der Waals surface area contributed by atoms with Crippen molar-refractivity contribution in [3.63, 3.8) is 0 Å². The molecule has 7 aliphatic rings. The van der Waals surface area contributed by atoms with Crippen molar-refractivity contribution < 1.29 is 39.5 Å². The summed E-state index contributed by atoms with van der Waals surface area (Å²) in [6.45, 7) is 4.36. The van der Waals surface area contributed by atoms with Crippen LogP contribution in [0.3, 0.4) is 0 Å². The van der Waals surface area contributed by atoms with E-state index in [4.69, 9.17) is 29.3 Å². The first-order chi connectivity index (χ1) is 20.5. The Morgan fingerprint density at radius 2 is 1.93 bits per heavy atom. The minimum atomic E-state index is -1.82. The number of carboxylic acids is 2. The number of benzene rings is 1. The SMILES string of the molecule is CO[C@@]12CC[C@@]3(CC1[C@](C)(O)CCc1cccs1)[C@H]1Cc4ccc(O)c5c4[C@@]3(CCN1CC1CC1)[C@H]2O5.O=C(O)C(=O)O. The number of aliphatic hydroxyl groups is 1. The number of aryl methyl sites for hydroxylation is 1. The molecule has 10 heteroatoms. The van der Waals surface area contributed by atoms with Crippen molar-refractivity contribution in [2.75, 3.05) is 20.2 Å². The number of fused-ring (bicyclic) bond motifs is 2. The van der Waals surface area contributed by atoms with Crippen LogP contribution in [0.1, 0.15) is 67.9 Å². The molecule has 1 aromatic heterocycles. The summed E-state index contributed by atoms with van der Waals surface area (Å²) in [4.78, 5) is 22.4. The van der Waals surface area contributed by atoms with E-state index in [1.807, 2.05) is 13.2 Å². The number of nitrogens with zero attached hydrogens (tertiary/aromatic N) is 1. The lowest BCUT2D eigenvalue weighted by atomic mass is 9.33. The number of rotatable bonds is 7. The first-order valence-corrected chi connectivity index (χ1v) is 16.4. The Hall–Kier alpha value is -2.66. The van der Waals surface area contributed by atoms with Gasteiger partial charge in [-0.25, -0.2) is 9.59 Å². The second-order valence-corrected chi connectivity index (χ2v) is 15.0. The Balaban J connectivity index is 0.000000457. The summed E-state index contributed by atoms with van der Waals surface area (Å²) in [6.07, 6.45) is 9.25. The topological polar surface area (TPSA) is 137 Å². The van der Waals surface area contributed by atoms with Gasteiger partial charge in [0.1, 0.15) is 11.7 Å². The van der Waals surface area contributed by atoms with Gasteiger partial charge < -0.3 is 29.9 Å². The molecule has 9 nitrogen and oxygen atoms in total. The van der Waals surface area contributed by atoms with E-state index in [1.165, 1.54) is 35.4 Å². The highest BCUT2D eigenvalue weighted by atomic mass is 32.1. The van der Waals surface area contributed by atoms with Crippen molar-refractivity contribution in [2.24, 2.45) is 17.3 Å². The average molecular weight is 612 g/mol. The quantitative estimate of drug-likeness (QED) is 0.339. The fraction of sp³-hybridized carbons (Fsp3) is 0.636. The maximum Gasteiger partial charge on any atom is 0.414 e. The monoisotopic (exact) mass is 611 g/mol. The molecule has 1 aromatic carbocycles. The van der Waals surface area contributed by atoms with Gasteiger partial charge in [0, 0.05) is 46.9 Å². The van der Waals surface area contributed by atoms with Gasteiger partial charge >= 0.3 is 11.9 Å². The lowest BCUT2D eigenvalue weighted by Gasteiger charge is -2.75. The Morgan fingerprint density at radius 3 is 2.58 bits per heavy atom. The van der Waals surface area contributed by atoms with E-state index in [9.17, 15) is 10.2 Å². The molecule has 0 radical (unpaired) electrons. The van der Waals surface area contributed by atoms with Gasteiger partial charge in [0.25, 0.3) is 0 Å². The van der Waals surface area contributed by atoms with Gasteiger partial charge in [-0.15, -0.1) is 11.3 Å². The molecule has 232 valence electrons. The van der Waals surface area contributed by atoms with Gasteiger partial charge in [0.2, 0.25) is 0 Å². The van der Waals surface area contributed by atoms with Crippen molar-refractivity contribution >= 4 is 23.3 Å². The van der Waals surface area contributed by atoms with Gasteiger partial charge in [0.05, 0.1) is 5.60 Å². The second kappa shape index (κ2) is 9.92. The number of hydrogen-bond acceptors (Lipinski definition) is 8. The molecule has 1 saturated heterocycles. The molecule has 0 amide bonds. The van der Waals surface area contributed by atoms with Crippen LogP contribution in [0.15, 0.2) is 29.6 Å². The van der Waals surface area contributed by atoms with Crippen molar-refractivity contribution in [1.29, 1.82) is 0 Å². The van der Waals surface area contributed by atoms with Gasteiger partial charge in [-0.05, 0) is 100 Å². The largest absolute Gasteiger partial charge is 0.504 e. The number of phenolic OH excluding ortho intramolecular Hbond substituents is 1. The van der Waals surface area contributed by atoms with Crippen LogP contribution in [0.5, 0.6) is 11.5 Å². The molecule has 9 rings (SSSR count). The molecule has 1 unspecified atom stereocenters. The zero-order valence-electron chi connectivity index (χ0n) is 24.8. The van der Waals surface area contributed by atoms with E-state index in [0.29, 0.717) is 11.8 Å². The number of carbonyl (C=O) groups is 2. The van der Waals surface area contributed by atoms with Crippen molar-refractivity contribution in [3.05, 3.63) is 45.6 Å². The van der Waals surface area contributed by atoms with E-state index in [1.54, 1.807) is 11.3 Å². The van der Waals surface area contributed by atoms with E-state index in [2.05, 4.69) is 35.4 Å². The first kappa shape index (κ1) is 29.1. The summed E-state index contributed by atoms with van der Waals surface area (Å²) >= 11 is 1.77. The lowest BCUT2D eigenvalue weighted by molar-refractivity contribution is -0.302. The molecule has 2 spiro atoms. The first-order valence-electron chi connectivity index (χ1n) is 15.5. The number of aromatic hydroxyl groups is 1. The highest BCUT2D eigenvalue weighted by Gasteiger charge is 2.81. The fourth-order valence-electron chi connectivity index (χ4n) is 10.1. The number of hydrogen-bond donors (Lipinski definition) is 4. The molecule has 4 N–H and O–H groups in total. The van der Waals surface area contributed by atoms with E-state index in [0.717, 1.165) is 57.4 Å². The van der Waals surface area contributed by atoms with Crippen molar-refractivity contribution in [2.45, 2.75) is 93.5 Å². The number of methoxy groups -OCH3 is 1. The number of likely N-dealkylation sites (tertiary alicyclic amines) is 1. The third-order valence-electron chi connectivity index (χ3n) is 12.1. The van der Waals surface area contributed by atoms with Crippen LogP contribution in [0.25, 0.3) is 0 Å². The molecular weight excluding hydrogens is 570 g/mol. The summed E-state index contributed by atoms with van der Waals surface area (Å²) in [5.41, 5.74) is 1.11. The smallest absolute Gasteiger partial charge is 0.414 e. The minimum Gasteiger partial charge on any atom is -0.504 e. The summed E-state index contributed by atoms with van der Waals surface area (Å²) in [6, 6.07) is 8.75. The van der Waals surface area contributed by atoms with Crippen LogP contribution in [0.4, 0.5) is 0 Å². The summed E-state index contributed by atoms with van der Waals surface area (Å²) in [5.74, 6) is -1.83. The second-order valence-electron chi connectivity index (χ2n) is 13.9. The Morgan fingerprint density at radius 1 is 1.16 bits per heavy atom. The van der Waals surface area contributed by atoms with E-state index in [-0.39, 0.29) is 28.6 Å². The number of carboxylic acid groups (broad SMARTS) is 2. The van der Waals surface area contributed by atoms with Crippen LogP contribution in [-0.4, -0.2) is 80.8 Å². The third-order valence-corrected chi connectivity index (χ3v) is 13.0. The average Bonchev–Trinajstić information content (AvgIpc) is 3.48. The van der Waals surface area contributed by atoms with E-state index >= 15 is 0 Å². The Kier molecular flexibility index (Phi) is 6.71. The predicted octanol–water partition coefficient (Wildman–Crippen LogP) is 4.22. The minimum absolute atomic E-state index is 0.0155. The molecule has 2 aliphatic heterocycles. The number of aliphatic carboxylic acids is 2. The molecule has 2 aromatic rings. The van der Waals surface area contributed by atoms with Crippen LogP contribution in [-0.2, 0) is 32.6 Å². The molecule has 5 fully saturated rings. The molecule has 4 saturated carbocycles. The molecule has 3 heterocycles. The van der Waals surface area contributed by atoms with Gasteiger partial charge in [0.15, 0.2) is 11.5 Å². The Bertz CT molecular complexity index is 1430. The maximum absolute atomic E-state index is 12.3. The third kappa shape index (κ3) is 4.05. The van der Waals surface area contributed by atoms with Gasteiger partial charge in [-0.3, -0.25) is 4.90 Å². The molecule has 43 heavy (non-hydrogen) atoms. The standard InChI is InChI=1S/C31H39NO4S.C2H2O4/c1-28(34,10-9-21-4-3-15-37-21)23-17-29-11-12-31(23,35-2)27-30(29)13-14-32(18-19-5-6-19)24(29)16-20-7-8-22(33)26(36-27)25(20)30;3-1(4)2(5)6/h3-4,7-8,15,19,23-24,27,33-34H,5-6,9-14,16-18H2,1-2H3;(H,3,4)(H,5,6)/t23?,24-,27-,28-,29-,30+,31+;/m1./s1. The predicted molar refractivity (Wildman–Crippen MR) is 159 cm³/mol. The van der Waals surface area contributed by atoms with Crippen LogP contribution in [0.2, 0.25) is 0 Å². The van der Waals surface area contributed by atoms with Crippen LogP contribution in [0, 0.1) is 17.3 Å². The molecule has 5 aliphatic carbocycles. The zero-order valence-corrected chi connectivity index (χ0v) is 25.6. The highest BCUT2D eigenvalue weighted by Crippen LogP contribution is 2.77. The van der Waals surface area contributed by atoms with E-state index < -0.39 is 23.1 Å². The molecule has 4 bridgehead atoms. The van der Waals surface area contributed by atoms with Crippen molar-refractivity contribution in [1.82, 2.24) is 4.90 Å². The zero-order chi connectivity index (χ0) is 30.4. The normalized spacial score (nSPS) is 36.1. The summed E-state index contributed by atoms with van der Waals surface area (Å²) in [5, 5.41) is 40.2. The fourth-order valence-corrected chi connectivity index (χ4v) is 10.8. The maximum atomic E-state index is 12.3. The summed E-state index contributed by atoms with van der Waals surface area (Å²) < 4.78 is 13.5. The highest BCUT2D eigenvalue weighted by molar-refractivity contribution is 7.09. The Labute approximate surface area is 255 Å². The number of piperidine rings is 1. The molecule has 7 atom stereocenters. The van der Waals surface area contributed by atoms with Crippen molar-refractivity contribution in [3.8, 4) is 11.5 Å². The lowest BCUT2D eigenvalue weighted by Crippen LogP contribution is -2.82. The molecular formula is C33H41NO8S. The number of ether oxygens (including phenoxy) is 2. The van der Waals surface area contributed by atoms with Crippen LogP contribution < -0.4 is 4.74 Å². The number of phenols is 1. The summed E-state index contributed by atoms with van der Waals surface area (Å²) in [7, 11) is 1.84. The van der Waals surface area contributed by atoms with Crippen LogP contribution >= 0.6 is 11.3 Å². The number of thiophene rings is 1.